The van der Waals surface area contributed by atoms with Crippen molar-refractivity contribution >= 4 is 5.91 Å². The molecule has 0 aromatic rings. The largest absolute Gasteiger partial charge is 0.383 e. The zero-order chi connectivity index (χ0) is 14.4. The summed E-state index contributed by atoms with van der Waals surface area (Å²) in [5.74, 6) is 0.512. The van der Waals surface area contributed by atoms with Crippen LogP contribution in [0.5, 0.6) is 0 Å². The first-order chi connectivity index (χ1) is 9.70. The maximum Gasteiger partial charge on any atom is 0.225 e. The fraction of sp³-hybridized carbons (Fsp3) is 0.933. The minimum atomic E-state index is 0.171. The molecule has 116 valence electrons. The van der Waals surface area contributed by atoms with Crippen LogP contribution in [0.15, 0.2) is 0 Å². The lowest BCUT2D eigenvalue weighted by atomic mass is 9.85. The number of rotatable bonds is 4. The molecule has 2 aliphatic rings. The van der Waals surface area contributed by atoms with E-state index in [0.29, 0.717) is 5.91 Å². The van der Waals surface area contributed by atoms with Gasteiger partial charge in [-0.2, -0.15) is 0 Å². The van der Waals surface area contributed by atoms with Gasteiger partial charge in [0, 0.05) is 45.2 Å². The van der Waals surface area contributed by atoms with E-state index in [2.05, 4.69) is 9.80 Å². The van der Waals surface area contributed by atoms with E-state index in [1.165, 1.54) is 0 Å². The lowest BCUT2D eigenvalue weighted by Crippen LogP contribution is -2.42. The second-order valence-corrected chi connectivity index (χ2v) is 6.14. The quantitative estimate of drug-likeness (QED) is 0.824. The maximum atomic E-state index is 12.6. The molecule has 0 radical (unpaired) electrons. The van der Waals surface area contributed by atoms with Gasteiger partial charge >= 0.3 is 0 Å². The summed E-state index contributed by atoms with van der Waals surface area (Å²) in [6, 6.07) is 0.225. The number of ether oxygens (including phenoxy) is 1. The van der Waals surface area contributed by atoms with Gasteiger partial charge in [0.05, 0.1) is 6.61 Å². The molecular weight excluding hydrogens is 254 g/mol. The molecule has 0 aromatic heterocycles. The van der Waals surface area contributed by atoms with Crippen molar-refractivity contribution in [2.24, 2.45) is 11.7 Å². The predicted molar refractivity (Wildman–Crippen MR) is 79.4 cm³/mol. The van der Waals surface area contributed by atoms with Crippen LogP contribution in [0, 0.1) is 5.92 Å². The second-order valence-electron chi connectivity index (χ2n) is 6.14. The number of carbonyl (C=O) groups is 1. The Hall–Kier alpha value is -0.650. The smallest absolute Gasteiger partial charge is 0.225 e. The maximum absolute atomic E-state index is 12.6. The lowest BCUT2D eigenvalue weighted by Gasteiger charge is -2.31. The topological polar surface area (TPSA) is 58.8 Å². The molecule has 2 N–H and O–H groups in total. The van der Waals surface area contributed by atoms with Crippen molar-refractivity contribution in [2.75, 3.05) is 46.4 Å². The predicted octanol–water partition coefficient (Wildman–Crippen LogP) is 0.685. The number of hydrogen-bond donors (Lipinski definition) is 1. The monoisotopic (exact) mass is 283 g/mol. The van der Waals surface area contributed by atoms with Crippen LogP contribution in [0.1, 0.15) is 32.1 Å². The van der Waals surface area contributed by atoms with E-state index < -0.39 is 0 Å². The molecule has 2 atom stereocenters. The lowest BCUT2D eigenvalue weighted by molar-refractivity contribution is -0.136. The average molecular weight is 283 g/mol. The highest BCUT2D eigenvalue weighted by Crippen LogP contribution is 2.25. The first-order valence-corrected chi connectivity index (χ1v) is 7.96. The molecule has 0 aromatic carbocycles. The molecule has 1 amide bonds. The number of nitrogens with two attached hydrogens (primary N) is 1. The molecule has 1 saturated heterocycles. The molecular formula is C15H29N3O2. The van der Waals surface area contributed by atoms with Crippen molar-refractivity contribution in [3.05, 3.63) is 0 Å². The van der Waals surface area contributed by atoms with Crippen molar-refractivity contribution in [1.29, 1.82) is 0 Å². The van der Waals surface area contributed by atoms with Crippen molar-refractivity contribution in [2.45, 2.75) is 38.1 Å². The zero-order valence-corrected chi connectivity index (χ0v) is 12.7. The number of nitrogens with zero attached hydrogens (tertiary/aromatic N) is 2. The van der Waals surface area contributed by atoms with E-state index >= 15 is 0 Å². The van der Waals surface area contributed by atoms with E-state index in [1.54, 1.807) is 7.11 Å². The Bertz CT molecular complexity index is 311. The van der Waals surface area contributed by atoms with Crippen molar-refractivity contribution in [3.8, 4) is 0 Å². The molecule has 2 fully saturated rings. The summed E-state index contributed by atoms with van der Waals surface area (Å²) < 4.78 is 5.13. The van der Waals surface area contributed by atoms with Gasteiger partial charge in [-0.05, 0) is 32.2 Å². The van der Waals surface area contributed by atoms with Crippen LogP contribution in [-0.2, 0) is 9.53 Å². The van der Waals surface area contributed by atoms with Crippen LogP contribution in [0.4, 0.5) is 0 Å². The highest BCUT2D eigenvalue weighted by atomic mass is 16.5. The Labute approximate surface area is 122 Å². The van der Waals surface area contributed by atoms with E-state index in [9.17, 15) is 4.79 Å². The Morgan fingerprint density at radius 3 is 2.80 bits per heavy atom. The van der Waals surface area contributed by atoms with E-state index in [-0.39, 0.29) is 12.0 Å². The fourth-order valence-electron chi connectivity index (χ4n) is 3.35. The molecule has 1 aliphatic carbocycles. The zero-order valence-electron chi connectivity index (χ0n) is 12.7. The third-order valence-electron chi connectivity index (χ3n) is 4.58. The first kappa shape index (κ1) is 15.7. The molecule has 1 saturated carbocycles. The number of methoxy groups -OCH3 is 1. The third-order valence-corrected chi connectivity index (χ3v) is 4.58. The van der Waals surface area contributed by atoms with Gasteiger partial charge in [-0.25, -0.2) is 0 Å². The van der Waals surface area contributed by atoms with Crippen LogP contribution in [-0.4, -0.2) is 68.2 Å². The number of amides is 1. The van der Waals surface area contributed by atoms with Crippen molar-refractivity contribution in [1.82, 2.24) is 9.80 Å². The van der Waals surface area contributed by atoms with Gasteiger partial charge in [0.15, 0.2) is 0 Å². The Morgan fingerprint density at radius 1 is 1.20 bits per heavy atom. The highest BCUT2D eigenvalue weighted by Gasteiger charge is 2.29. The minimum Gasteiger partial charge on any atom is -0.383 e. The van der Waals surface area contributed by atoms with E-state index in [1.807, 2.05) is 0 Å². The van der Waals surface area contributed by atoms with Gasteiger partial charge in [0.1, 0.15) is 0 Å². The Kier molecular flexibility index (Phi) is 6.26. The summed E-state index contributed by atoms with van der Waals surface area (Å²) in [6.07, 6.45) is 5.15. The SMILES string of the molecule is COCCN1CCCN(C(=O)C2CCCC(N)C2)CC1. The average Bonchev–Trinajstić information content (AvgIpc) is 2.70. The third kappa shape index (κ3) is 4.43. The molecule has 5 nitrogen and oxygen atoms in total. The van der Waals surface area contributed by atoms with Gasteiger partial charge in [0.2, 0.25) is 5.91 Å². The standard InChI is InChI=1S/C15H29N3O2/c1-20-11-10-17-6-3-7-18(9-8-17)15(19)13-4-2-5-14(16)12-13/h13-14H,2-12,16H2,1H3. The summed E-state index contributed by atoms with van der Waals surface area (Å²) in [7, 11) is 1.74. The first-order valence-electron chi connectivity index (χ1n) is 7.96. The molecule has 0 spiro atoms. The van der Waals surface area contributed by atoms with Crippen LogP contribution >= 0.6 is 0 Å². The minimum absolute atomic E-state index is 0.171. The van der Waals surface area contributed by atoms with Crippen LogP contribution in [0.3, 0.4) is 0 Å². The fourth-order valence-corrected chi connectivity index (χ4v) is 3.35. The summed E-state index contributed by atoms with van der Waals surface area (Å²) in [6.45, 7) is 5.52. The van der Waals surface area contributed by atoms with Crippen LogP contribution < -0.4 is 5.73 Å². The summed E-state index contributed by atoms with van der Waals surface area (Å²) in [4.78, 5) is 17.1. The number of carbonyl (C=O) groups excluding carboxylic acids is 1. The van der Waals surface area contributed by atoms with Gasteiger partial charge in [-0.1, -0.05) is 6.42 Å². The van der Waals surface area contributed by atoms with Crippen molar-refractivity contribution < 1.29 is 9.53 Å². The van der Waals surface area contributed by atoms with E-state index in [0.717, 1.165) is 71.4 Å². The van der Waals surface area contributed by atoms with Crippen molar-refractivity contribution in [3.63, 3.8) is 0 Å². The second kappa shape index (κ2) is 7.96. The summed E-state index contributed by atoms with van der Waals surface area (Å²) in [5, 5.41) is 0. The Morgan fingerprint density at radius 2 is 2.05 bits per heavy atom. The normalized spacial score (nSPS) is 29.2. The number of hydrogen-bond acceptors (Lipinski definition) is 4. The molecule has 20 heavy (non-hydrogen) atoms. The van der Waals surface area contributed by atoms with Gasteiger partial charge < -0.3 is 15.4 Å². The highest BCUT2D eigenvalue weighted by molar-refractivity contribution is 5.79. The molecule has 2 unspecified atom stereocenters. The van der Waals surface area contributed by atoms with Crippen LogP contribution in [0.2, 0.25) is 0 Å². The van der Waals surface area contributed by atoms with E-state index in [4.69, 9.17) is 10.5 Å². The summed E-state index contributed by atoms with van der Waals surface area (Å²) in [5.41, 5.74) is 6.01. The molecule has 0 bridgehead atoms. The Balaban J connectivity index is 1.81. The molecule has 2 rings (SSSR count). The molecule has 1 heterocycles. The molecule has 5 heteroatoms. The van der Waals surface area contributed by atoms with Gasteiger partial charge in [0.25, 0.3) is 0 Å². The van der Waals surface area contributed by atoms with Gasteiger partial charge in [-0.15, -0.1) is 0 Å². The summed E-state index contributed by atoms with van der Waals surface area (Å²) >= 11 is 0. The molecule has 1 aliphatic heterocycles. The van der Waals surface area contributed by atoms with Crippen LogP contribution in [0.25, 0.3) is 0 Å². The van der Waals surface area contributed by atoms with Gasteiger partial charge in [-0.3, -0.25) is 9.69 Å².